The highest BCUT2D eigenvalue weighted by Gasteiger charge is 2.13. The van der Waals surface area contributed by atoms with E-state index in [2.05, 4.69) is 25.9 Å². The van der Waals surface area contributed by atoms with E-state index in [4.69, 9.17) is 5.11 Å². The molecule has 5 heteroatoms. The Morgan fingerprint density at radius 1 is 1.44 bits per heavy atom. The third kappa shape index (κ3) is 2.98. The molecule has 0 spiro atoms. The summed E-state index contributed by atoms with van der Waals surface area (Å²) in [5, 5.41) is 8.85. The molecule has 4 nitrogen and oxygen atoms in total. The molecule has 0 aliphatic carbocycles. The Labute approximate surface area is 113 Å². The fraction of sp³-hybridized carbons (Fsp3) is 0.231. The van der Waals surface area contributed by atoms with Crippen molar-refractivity contribution in [1.29, 1.82) is 0 Å². The van der Waals surface area contributed by atoms with Crippen molar-refractivity contribution in [2.24, 2.45) is 5.92 Å². The predicted octanol–water partition coefficient (Wildman–Crippen LogP) is 3.10. The lowest BCUT2D eigenvalue weighted by Crippen LogP contribution is -2.12. The Morgan fingerprint density at radius 3 is 2.72 bits per heavy atom. The average Bonchev–Trinajstić information content (AvgIpc) is 2.78. The molecule has 0 aliphatic heterocycles. The van der Waals surface area contributed by atoms with Gasteiger partial charge in [-0.15, -0.1) is 0 Å². The van der Waals surface area contributed by atoms with Gasteiger partial charge >= 0.3 is 5.97 Å². The third-order valence-corrected chi connectivity index (χ3v) is 3.23. The largest absolute Gasteiger partial charge is 0.481 e. The summed E-state index contributed by atoms with van der Waals surface area (Å²) in [6.45, 7) is 1.67. The lowest BCUT2D eigenvalue weighted by Gasteiger charge is -2.02. The number of halogens is 1. The molecule has 0 amide bonds. The van der Waals surface area contributed by atoms with Crippen LogP contribution < -0.4 is 0 Å². The Morgan fingerprint density at radius 2 is 2.11 bits per heavy atom. The summed E-state index contributed by atoms with van der Waals surface area (Å²) in [6.07, 6.45) is 2.14. The first-order chi connectivity index (χ1) is 8.56. The zero-order valence-electron chi connectivity index (χ0n) is 9.85. The van der Waals surface area contributed by atoms with Gasteiger partial charge in [-0.3, -0.25) is 4.79 Å². The average molecular weight is 309 g/mol. The number of hydrogen-bond donors (Lipinski definition) is 2. The molecule has 1 unspecified atom stereocenters. The van der Waals surface area contributed by atoms with Crippen LogP contribution in [0.4, 0.5) is 0 Å². The second-order valence-electron chi connectivity index (χ2n) is 4.19. The fourth-order valence-electron chi connectivity index (χ4n) is 1.62. The molecular formula is C13H13BrN2O2. The lowest BCUT2D eigenvalue weighted by molar-refractivity contribution is -0.141. The molecule has 0 radical (unpaired) electrons. The van der Waals surface area contributed by atoms with Crippen LogP contribution in [0.1, 0.15) is 12.7 Å². The molecule has 0 saturated carbocycles. The van der Waals surface area contributed by atoms with E-state index in [-0.39, 0.29) is 0 Å². The summed E-state index contributed by atoms with van der Waals surface area (Å²) in [5.74, 6) is -0.548. The number of carboxylic acids is 1. The minimum atomic E-state index is -0.809. The summed E-state index contributed by atoms with van der Waals surface area (Å²) >= 11 is 3.38. The molecule has 1 aromatic heterocycles. The number of aromatic amines is 1. The van der Waals surface area contributed by atoms with Crippen LogP contribution in [0, 0.1) is 5.92 Å². The molecule has 1 heterocycles. The maximum atomic E-state index is 10.8. The number of carbonyl (C=O) groups is 1. The minimum absolute atomic E-state index is 0.409. The second-order valence-corrected chi connectivity index (χ2v) is 5.11. The van der Waals surface area contributed by atoms with E-state index in [1.807, 2.05) is 24.3 Å². The van der Waals surface area contributed by atoms with Crippen LogP contribution >= 0.6 is 15.9 Å². The Balaban J connectivity index is 2.15. The van der Waals surface area contributed by atoms with Crippen LogP contribution in [0.25, 0.3) is 11.3 Å². The van der Waals surface area contributed by atoms with Crippen LogP contribution in [-0.2, 0) is 11.2 Å². The molecule has 0 fully saturated rings. The van der Waals surface area contributed by atoms with Crippen molar-refractivity contribution in [3.63, 3.8) is 0 Å². The number of benzene rings is 1. The first kappa shape index (κ1) is 12.8. The number of imidazole rings is 1. The van der Waals surface area contributed by atoms with Gasteiger partial charge in [-0.1, -0.05) is 35.0 Å². The van der Waals surface area contributed by atoms with Gasteiger partial charge in [-0.05, 0) is 17.7 Å². The summed E-state index contributed by atoms with van der Waals surface area (Å²) in [6, 6.07) is 7.86. The SMILES string of the molecule is CC(Cc1ncc(-c2ccc(Br)cc2)[nH]1)C(=O)O. The Kier molecular flexibility index (Phi) is 3.81. The Hall–Kier alpha value is -1.62. The molecule has 94 valence electrons. The third-order valence-electron chi connectivity index (χ3n) is 2.70. The Bertz CT molecular complexity index is 548. The van der Waals surface area contributed by atoms with Crippen LogP contribution in [0.5, 0.6) is 0 Å². The smallest absolute Gasteiger partial charge is 0.306 e. The van der Waals surface area contributed by atoms with Crippen LogP contribution in [0.2, 0.25) is 0 Å². The van der Waals surface area contributed by atoms with Gasteiger partial charge in [0.15, 0.2) is 0 Å². The molecule has 0 saturated heterocycles. The number of aliphatic carboxylic acids is 1. The van der Waals surface area contributed by atoms with E-state index < -0.39 is 11.9 Å². The van der Waals surface area contributed by atoms with Gasteiger partial charge in [0.05, 0.1) is 17.8 Å². The summed E-state index contributed by atoms with van der Waals surface area (Å²) in [4.78, 5) is 18.1. The van der Waals surface area contributed by atoms with E-state index in [1.54, 1.807) is 13.1 Å². The maximum absolute atomic E-state index is 10.8. The van der Waals surface area contributed by atoms with Crippen molar-refractivity contribution in [1.82, 2.24) is 9.97 Å². The van der Waals surface area contributed by atoms with Gasteiger partial charge in [-0.2, -0.15) is 0 Å². The first-order valence-corrected chi connectivity index (χ1v) is 6.38. The summed E-state index contributed by atoms with van der Waals surface area (Å²) < 4.78 is 1.02. The summed E-state index contributed by atoms with van der Waals surface area (Å²) in [7, 11) is 0. The molecule has 1 atom stereocenters. The number of hydrogen-bond acceptors (Lipinski definition) is 2. The minimum Gasteiger partial charge on any atom is -0.481 e. The van der Waals surface area contributed by atoms with Gasteiger partial charge in [0.1, 0.15) is 5.82 Å². The van der Waals surface area contributed by atoms with Gasteiger partial charge in [-0.25, -0.2) is 4.98 Å². The quantitative estimate of drug-likeness (QED) is 0.912. The molecule has 0 bridgehead atoms. The molecule has 2 rings (SSSR count). The number of H-pyrrole nitrogens is 1. The monoisotopic (exact) mass is 308 g/mol. The van der Waals surface area contributed by atoms with Crippen molar-refractivity contribution in [2.45, 2.75) is 13.3 Å². The predicted molar refractivity (Wildman–Crippen MR) is 72.2 cm³/mol. The lowest BCUT2D eigenvalue weighted by atomic mass is 10.1. The molecule has 2 aromatic rings. The number of nitrogens with one attached hydrogen (secondary N) is 1. The maximum Gasteiger partial charge on any atom is 0.306 e. The van der Waals surface area contributed by atoms with Gasteiger partial charge in [0, 0.05) is 10.9 Å². The standard InChI is InChI=1S/C13H13BrN2O2/c1-8(13(17)18)6-12-15-7-11(16-12)9-2-4-10(14)5-3-9/h2-5,7-8H,6H2,1H3,(H,15,16)(H,17,18). The van der Waals surface area contributed by atoms with Crippen molar-refractivity contribution in [3.05, 3.63) is 40.8 Å². The van der Waals surface area contributed by atoms with E-state index in [9.17, 15) is 4.79 Å². The zero-order valence-corrected chi connectivity index (χ0v) is 11.4. The van der Waals surface area contributed by atoms with Crippen molar-refractivity contribution < 1.29 is 9.90 Å². The van der Waals surface area contributed by atoms with Gasteiger partial charge in [0.2, 0.25) is 0 Å². The van der Waals surface area contributed by atoms with E-state index in [0.717, 1.165) is 15.7 Å². The first-order valence-electron chi connectivity index (χ1n) is 5.59. The highest BCUT2D eigenvalue weighted by molar-refractivity contribution is 9.10. The van der Waals surface area contributed by atoms with Crippen LogP contribution in [-0.4, -0.2) is 21.0 Å². The van der Waals surface area contributed by atoms with E-state index in [1.165, 1.54) is 0 Å². The molecular weight excluding hydrogens is 296 g/mol. The van der Waals surface area contributed by atoms with Gasteiger partial charge in [0.25, 0.3) is 0 Å². The second kappa shape index (κ2) is 5.35. The molecule has 0 aliphatic rings. The van der Waals surface area contributed by atoms with Gasteiger partial charge < -0.3 is 10.1 Å². The fourth-order valence-corrected chi connectivity index (χ4v) is 1.88. The topological polar surface area (TPSA) is 66.0 Å². The van der Waals surface area contributed by atoms with E-state index in [0.29, 0.717) is 12.2 Å². The molecule has 1 aromatic carbocycles. The molecule has 2 N–H and O–H groups in total. The van der Waals surface area contributed by atoms with Crippen molar-refractivity contribution in [2.75, 3.05) is 0 Å². The van der Waals surface area contributed by atoms with Crippen molar-refractivity contribution >= 4 is 21.9 Å². The highest BCUT2D eigenvalue weighted by atomic mass is 79.9. The highest BCUT2D eigenvalue weighted by Crippen LogP contribution is 2.20. The normalized spacial score (nSPS) is 12.3. The van der Waals surface area contributed by atoms with Crippen LogP contribution in [0.3, 0.4) is 0 Å². The number of carboxylic acid groups (broad SMARTS) is 1. The number of aromatic nitrogens is 2. The summed E-state index contributed by atoms with van der Waals surface area (Å²) in [5.41, 5.74) is 1.93. The van der Waals surface area contributed by atoms with Crippen LogP contribution in [0.15, 0.2) is 34.9 Å². The number of nitrogens with zero attached hydrogens (tertiary/aromatic N) is 1. The van der Waals surface area contributed by atoms with E-state index >= 15 is 0 Å². The van der Waals surface area contributed by atoms with Crippen molar-refractivity contribution in [3.8, 4) is 11.3 Å². The molecule has 18 heavy (non-hydrogen) atoms. The number of rotatable bonds is 4. The zero-order chi connectivity index (χ0) is 13.1.